The minimum absolute atomic E-state index is 0.263. The molecule has 1 unspecified atom stereocenters. The van der Waals surface area contributed by atoms with E-state index < -0.39 is 0 Å². The fourth-order valence-corrected chi connectivity index (χ4v) is 3.28. The van der Waals surface area contributed by atoms with E-state index in [4.69, 9.17) is 0 Å². The van der Waals surface area contributed by atoms with Gasteiger partial charge in [0.1, 0.15) is 0 Å². The van der Waals surface area contributed by atoms with Crippen LogP contribution in [-0.2, 0) is 0 Å². The summed E-state index contributed by atoms with van der Waals surface area (Å²) in [6.45, 7) is 2.31. The van der Waals surface area contributed by atoms with Gasteiger partial charge in [0.15, 0.2) is 0 Å². The Balaban J connectivity index is 2.07. The van der Waals surface area contributed by atoms with Crippen molar-refractivity contribution < 1.29 is 5.11 Å². The molecule has 1 nitrogen and oxygen atoms in total. The van der Waals surface area contributed by atoms with Crippen LogP contribution in [0.4, 0.5) is 0 Å². The van der Waals surface area contributed by atoms with Crippen LogP contribution in [0, 0.1) is 15.4 Å². The summed E-state index contributed by atoms with van der Waals surface area (Å²) in [5, 5.41) is 10.4. The molecule has 1 atom stereocenters. The molecule has 0 saturated heterocycles. The molecule has 0 spiro atoms. The summed E-state index contributed by atoms with van der Waals surface area (Å²) in [5.41, 5.74) is 1.11. The highest BCUT2D eigenvalue weighted by molar-refractivity contribution is 14.1. The number of benzene rings is 1. The molecule has 0 amide bonds. The summed E-state index contributed by atoms with van der Waals surface area (Å²) in [5.74, 6) is 1.31. The Morgan fingerprint density at radius 2 is 1.81 bits per heavy atom. The minimum Gasteiger partial charge on any atom is -0.388 e. The predicted molar refractivity (Wildman–Crippen MR) is 75.2 cm³/mol. The van der Waals surface area contributed by atoms with Crippen LogP contribution in [0.3, 0.4) is 0 Å². The second-order valence-corrected chi connectivity index (χ2v) is 6.15. The quantitative estimate of drug-likeness (QED) is 0.808. The fraction of sp³-hybridized carbons (Fsp3) is 0.571. The van der Waals surface area contributed by atoms with E-state index in [2.05, 4.69) is 41.6 Å². The molecule has 2 rings (SSSR count). The van der Waals surface area contributed by atoms with Crippen molar-refractivity contribution in [3.8, 4) is 0 Å². The topological polar surface area (TPSA) is 20.2 Å². The van der Waals surface area contributed by atoms with Crippen LogP contribution in [0.1, 0.15) is 44.3 Å². The lowest BCUT2D eigenvalue weighted by atomic mass is 9.78. The van der Waals surface area contributed by atoms with Crippen LogP contribution in [0.25, 0.3) is 0 Å². The predicted octanol–water partition coefficient (Wildman–Crippen LogP) is 4.15. The number of rotatable bonds is 2. The molecule has 16 heavy (non-hydrogen) atoms. The molecule has 1 N–H and O–H groups in total. The van der Waals surface area contributed by atoms with Crippen molar-refractivity contribution in [1.82, 2.24) is 0 Å². The monoisotopic (exact) mass is 330 g/mol. The SMILES string of the molecule is CC1CCC(C(O)c2ccccc2I)CC1. The normalized spacial score (nSPS) is 27.7. The lowest BCUT2D eigenvalue weighted by Crippen LogP contribution is -2.19. The largest absolute Gasteiger partial charge is 0.388 e. The zero-order chi connectivity index (χ0) is 11.5. The van der Waals surface area contributed by atoms with Crippen molar-refractivity contribution in [1.29, 1.82) is 0 Å². The highest BCUT2D eigenvalue weighted by Crippen LogP contribution is 2.37. The van der Waals surface area contributed by atoms with Gasteiger partial charge in [0.2, 0.25) is 0 Å². The van der Waals surface area contributed by atoms with Crippen molar-refractivity contribution in [3.63, 3.8) is 0 Å². The highest BCUT2D eigenvalue weighted by Gasteiger charge is 2.26. The highest BCUT2D eigenvalue weighted by atomic mass is 127. The summed E-state index contributed by atoms with van der Waals surface area (Å²) in [7, 11) is 0. The zero-order valence-corrected chi connectivity index (χ0v) is 11.9. The lowest BCUT2D eigenvalue weighted by molar-refractivity contribution is 0.0749. The summed E-state index contributed by atoms with van der Waals surface area (Å²) >= 11 is 2.32. The minimum atomic E-state index is -0.263. The van der Waals surface area contributed by atoms with E-state index in [1.807, 2.05) is 12.1 Å². The van der Waals surface area contributed by atoms with Gasteiger partial charge in [-0.05, 0) is 58.9 Å². The maximum Gasteiger partial charge on any atom is 0.0828 e. The third-order valence-electron chi connectivity index (χ3n) is 3.73. The van der Waals surface area contributed by atoms with E-state index in [1.54, 1.807) is 0 Å². The molecule has 1 aliphatic carbocycles. The number of aliphatic hydroxyl groups excluding tert-OH is 1. The van der Waals surface area contributed by atoms with Gasteiger partial charge >= 0.3 is 0 Å². The molecule has 0 bridgehead atoms. The molecule has 0 radical (unpaired) electrons. The average Bonchev–Trinajstić information content (AvgIpc) is 2.30. The number of halogens is 1. The van der Waals surface area contributed by atoms with Gasteiger partial charge in [0.05, 0.1) is 6.10 Å². The van der Waals surface area contributed by atoms with Crippen LogP contribution in [-0.4, -0.2) is 5.11 Å². The first-order valence-electron chi connectivity index (χ1n) is 6.11. The van der Waals surface area contributed by atoms with Crippen molar-refractivity contribution in [2.45, 2.75) is 38.7 Å². The number of aliphatic hydroxyl groups is 1. The molecule has 0 heterocycles. The zero-order valence-electron chi connectivity index (χ0n) is 9.70. The fourth-order valence-electron chi connectivity index (χ4n) is 2.57. The van der Waals surface area contributed by atoms with Gasteiger partial charge in [-0.15, -0.1) is 0 Å². The van der Waals surface area contributed by atoms with Crippen molar-refractivity contribution in [3.05, 3.63) is 33.4 Å². The molecule has 1 fully saturated rings. The third kappa shape index (κ3) is 2.77. The van der Waals surface area contributed by atoms with Gasteiger partial charge < -0.3 is 5.11 Å². The second kappa shape index (κ2) is 5.50. The van der Waals surface area contributed by atoms with Crippen molar-refractivity contribution in [2.24, 2.45) is 11.8 Å². The standard InChI is InChI=1S/C14H19IO/c1-10-6-8-11(9-7-10)14(16)12-4-2-3-5-13(12)15/h2-5,10-11,14,16H,6-9H2,1H3. The van der Waals surface area contributed by atoms with Crippen LogP contribution >= 0.6 is 22.6 Å². The van der Waals surface area contributed by atoms with E-state index in [0.29, 0.717) is 5.92 Å². The third-order valence-corrected chi connectivity index (χ3v) is 4.71. The van der Waals surface area contributed by atoms with Gasteiger partial charge in [0, 0.05) is 3.57 Å². The average molecular weight is 330 g/mol. The van der Waals surface area contributed by atoms with E-state index in [1.165, 1.54) is 29.3 Å². The molecule has 0 aliphatic heterocycles. The molecule has 1 aromatic rings. The van der Waals surface area contributed by atoms with E-state index in [0.717, 1.165) is 11.5 Å². The summed E-state index contributed by atoms with van der Waals surface area (Å²) in [6, 6.07) is 8.18. The Kier molecular flexibility index (Phi) is 4.25. The Bertz CT molecular complexity index is 342. The van der Waals surface area contributed by atoms with Gasteiger partial charge in [-0.2, -0.15) is 0 Å². The molecule has 0 aromatic heterocycles. The van der Waals surface area contributed by atoms with Crippen LogP contribution in [0.5, 0.6) is 0 Å². The van der Waals surface area contributed by atoms with Crippen LogP contribution < -0.4 is 0 Å². The molecule has 1 aliphatic rings. The Morgan fingerprint density at radius 1 is 1.19 bits per heavy atom. The van der Waals surface area contributed by atoms with Crippen molar-refractivity contribution >= 4 is 22.6 Å². The Labute approximate surface area is 111 Å². The molecule has 2 heteroatoms. The maximum atomic E-state index is 10.4. The van der Waals surface area contributed by atoms with E-state index in [9.17, 15) is 5.11 Å². The Hall–Kier alpha value is -0.0900. The second-order valence-electron chi connectivity index (χ2n) is 4.99. The number of hydrogen-bond acceptors (Lipinski definition) is 1. The summed E-state index contributed by atoms with van der Waals surface area (Å²) in [6.07, 6.45) is 4.62. The smallest absolute Gasteiger partial charge is 0.0828 e. The maximum absolute atomic E-state index is 10.4. The molecule has 1 saturated carbocycles. The lowest BCUT2D eigenvalue weighted by Gasteiger charge is -2.30. The van der Waals surface area contributed by atoms with Gasteiger partial charge in [-0.3, -0.25) is 0 Å². The van der Waals surface area contributed by atoms with Crippen LogP contribution in [0.2, 0.25) is 0 Å². The summed E-state index contributed by atoms with van der Waals surface area (Å²) < 4.78 is 1.19. The molecule has 88 valence electrons. The van der Waals surface area contributed by atoms with Crippen molar-refractivity contribution in [2.75, 3.05) is 0 Å². The van der Waals surface area contributed by atoms with E-state index in [-0.39, 0.29) is 6.10 Å². The van der Waals surface area contributed by atoms with E-state index >= 15 is 0 Å². The van der Waals surface area contributed by atoms with Gasteiger partial charge in [-0.1, -0.05) is 38.0 Å². The first-order chi connectivity index (χ1) is 7.68. The van der Waals surface area contributed by atoms with Gasteiger partial charge in [-0.25, -0.2) is 0 Å². The molecule has 1 aromatic carbocycles. The number of hydrogen-bond donors (Lipinski definition) is 1. The first-order valence-corrected chi connectivity index (χ1v) is 7.19. The molecular weight excluding hydrogens is 311 g/mol. The Morgan fingerprint density at radius 3 is 2.44 bits per heavy atom. The van der Waals surface area contributed by atoms with Crippen LogP contribution in [0.15, 0.2) is 24.3 Å². The summed E-state index contributed by atoms with van der Waals surface area (Å²) in [4.78, 5) is 0. The van der Waals surface area contributed by atoms with Gasteiger partial charge in [0.25, 0.3) is 0 Å². The first kappa shape index (κ1) is 12.4. The molecular formula is C14H19IO.